The molecule has 1 atom stereocenters. The van der Waals surface area contributed by atoms with Gasteiger partial charge in [0.25, 0.3) is 0 Å². The van der Waals surface area contributed by atoms with Crippen molar-refractivity contribution in [2.45, 2.75) is 65.5 Å². The van der Waals surface area contributed by atoms with E-state index >= 15 is 0 Å². The minimum Gasteiger partial charge on any atom is -0.377 e. The van der Waals surface area contributed by atoms with Gasteiger partial charge in [-0.25, -0.2) is 14.8 Å². The zero-order valence-corrected chi connectivity index (χ0v) is 24.0. The Morgan fingerprint density at radius 3 is 2.70 bits per heavy atom. The first-order valence-corrected chi connectivity index (χ1v) is 14.7. The average molecular weight is 566 g/mol. The SMILES string of the molecule is CC(C)C[C@H]1COCCN1c1nc2nc(-c3noc(=O)[nH]3)nc(-c3cccc(Cl)c3)c2n1CC1CCC(C)CC1. The third-order valence-electron chi connectivity index (χ3n) is 8.14. The molecule has 4 aromatic rings. The monoisotopic (exact) mass is 565 g/mol. The van der Waals surface area contributed by atoms with Crippen molar-refractivity contribution < 1.29 is 9.26 Å². The van der Waals surface area contributed by atoms with Crippen LogP contribution in [0.4, 0.5) is 5.95 Å². The van der Waals surface area contributed by atoms with Crippen LogP contribution in [0.1, 0.15) is 52.9 Å². The number of hydrogen-bond donors (Lipinski definition) is 1. The second kappa shape index (κ2) is 11.3. The normalized spacial score (nSPS) is 21.9. The molecule has 0 radical (unpaired) electrons. The largest absolute Gasteiger partial charge is 0.439 e. The lowest BCUT2D eigenvalue weighted by atomic mass is 9.83. The first-order valence-electron chi connectivity index (χ1n) is 14.3. The number of morpholine rings is 1. The highest BCUT2D eigenvalue weighted by molar-refractivity contribution is 6.30. The Morgan fingerprint density at radius 2 is 1.98 bits per heavy atom. The summed E-state index contributed by atoms with van der Waals surface area (Å²) in [6.45, 7) is 9.74. The van der Waals surface area contributed by atoms with Crippen LogP contribution in [0, 0.1) is 17.8 Å². The minimum absolute atomic E-state index is 0.164. The van der Waals surface area contributed by atoms with Crippen molar-refractivity contribution in [1.29, 1.82) is 0 Å². The number of aromatic amines is 1. The van der Waals surface area contributed by atoms with Gasteiger partial charge >= 0.3 is 5.76 Å². The molecule has 212 valence electrons. The van der Waals surface area contributed by atoms with E-state index in [1.807, 2.05) is 24.3 Å². The van der Waals surface area contributed by atoms with E-state index in [-0.39, 0.29) is 17.7 Å². The second-order valence-electron chi connectivity index (χ2n) is 11.7. The van der Waals surface area contributed by atoms with Crippen molar-refractivity contribution >= 4 is 28.7 Å². The topological polar surface area (TPSA) is 115 Å². The van der Waals surface area contributed by atoms with Gasteiger partial charge in [-0.3, -0.25) is 9.51 Å². The maximum atomic E-state index is 11.8. The molecule has 11 heteroatoms. The highest BCUT2D eigenvalue weighted by Crippen LogP contribution is 2.37. The zero-order chi connectivity index (χ0) is 27.8. The summed E-state index contributed by atoms with van der Waals surface area (Å²) in [7, 11) is 0. The summed E-state index contributed by atoms with van der Waals surface area (Å²) in [6, 6.07) is 7.85. The van der Waals surface area contributed by atoms with E-state index < -0.39 is 5.76 Å². The Balaban J connectivity index is 1.57. The summed E-state index contributed by atoms with van der Waals surface area (Å²) in [5, 5.41) is 4.46. The van der Waals surface area contributed by atoms with E-state index in [1.165, 1.54) is 25.7 Å². The number of nitrogens with zero attached hydrogens (tertiary/aromatic N) is 6. The van der Waals surface area contributed by atoms with Crippen LogP contribution in [0.3, 0.4) is 0 Å². The number of imidazole rings is 1. The standard InChI is InChI=1S/C29H36ClN7O3/c1-17(2)13-22-16-39-12-11-36(22)28-33-25-24(37(28)15-19-9-7-18(3)8-10-19)23(20-5-4-6-21(30)14-20)31-26(32-25)27-34-29(38)40-35-27/h4-6,14,17-19,22H,7-13,15-16H2,1-3H3,(H,34,35,38)/t18?,19?,22-/m0/s1. The van der Waals surface area contributed by atoms with Crippen molar-refractivity contribution in [3.63, 3.8) is 0 Å². The van der Waals surface area contributed by atoms with E-state index in [2.05, 4.69) is 40.4 Å². The first kappa shape index (κ1) is 27.0. The van der Waals surface area contributed by atoms with Gasteiger partial charge in [0.05, 0.1) is 19.3 Å². The maximum Gasteiger partial charge on any atom is 0.439 e. The van der Waals surface area contributed by atoms with Crippen molar-refractivity contribution in [3.05, 3.63) is 39.8 Å². The predicted octanol–water partition coefficient (Wildman–Crippen LogP) is 5.57. The number of hydrogen-bond acceptors (Lipinski definition) is 8. The van der Waals surface area contributed by atoms with Gasteiger partial charge in [-0.15, -0.1) is 0 Å². The van der Waals surface area contributed by atoms with Gasteiger partial charge in [-0.05, 0) is 49.1 Å². The van der Waals surface area contributed by atoms with E-state index in [4.69, 9.17) is 35.8 Å². The number of aromatic nitrogens is 6. The molecule has 1 saturated heterocycles. The van der Waals surface area contributed by atoms with Crippen LogP contribution in [0.25, 0.3) is 34.1 Å². The number of halogens is 1. The molecule has 10 nitrogen and oxygen atoms in total. The minimum atomic E-state index is -0.661. The number of nitrogens with one attached hydrogen (secondary N) is 1. The third kappa shape index (κ3) is 5.51. The summed E-state index contributed by atoms with van der Waals surface area (Å²) >= 11 is 6.45. The molecule has 1 aliphatic heterocycles. The number of fused-ring (bicyclic) bond motifs is 1. The summed E-state index contributed by atoms with van der Waals surface area (Å²) in [6.07, 6.45) is 5.85. The number of rotatable bonds is 7. The molecule has 3 aromatic heterocycles. The fourth-order valence-electron chi connectivity index (χ4n) is 6.11. The van der Waals surface area contributed by atoms with Gasteiger partial charge in [0.2, 0.25) is 17.6 Å². The van der Waals surface area contributed by atoms with Gasteiger partial charge in [0.15, 0.2) is 5.65 Å². The molecule has 1 aliphatic carbocycles. The summed E-state index contributed by atoms with van der Waals surface area (Å²) in [5.74, 6) is 2.47. The van der Waals surface area contributed by atoms with Crippen molar-refractivity contribution in [2.75, 3.05) is 24.7 Å². The van der Waals surface area contributed by atoms with Crippen LogP contribution in [0.5, 0.6) is 0 Å². The van der Waals surface area contributed by atoms with Crippen LogP contribution < -0.4 is 10.7 Å². The highest BCUT2D eigenvalue weighted by Gasteiger charge is 2.32. The molecule has 0 amide bonds. The highest BCUT2D eigenvalue weighted by atomic mass is 35.5. The van der Waals surface area contributed by atoms with E-state index in [9.17, 15) is 4.79 Å². The van der Waals surface area contributed by atoms with Crippen LogP contribution in [0.15, 0.2) is 33.6 Å². The second-order valence-corrected chi connectivity index (χ2v) is 12.2. The molecule has 2 aliphatic rings. The van der Waals surface area contributed by atoms with Crippen molar-refractivity contribution in [1.82, 2.24) is 29.7 Å². The van der Waals surface area contributed by atoms with Gasteiger partial charge in [-0.1, -0.05) is 62.5 Å². The van der Waals surface area contributed by atoms with Gasteiger partial charge in [0, 0.05) is 23.7 Å². The average Bonchev–Trinajstić information content (AvgIpc) is 3.53. The molecule has 2 fully saturated rings. The molecule has 4 heterocycles. The molecular weight excluding hydrogens is 530 g/mol. The Labute approximate surface area is 238 Å². The molecule has 1 N–H and O–H groups in total. The summed E-state index contributed by atoms with van der Waals surface area (Å²) < 4.78 is 13.0. The van der Waals surface area contributed by atoms with Crippen molar-refractivity contribution in [2.24, 2.45) is 17.8 Å². The van der Waals surface area contributed by atoms with E-state index in [0.29, 0.717) is 41.4 Å². The van der Waals surface area contributed by atoms with Gasteiger partial charge in [0.1, 0.15) is 11.2 Å². The smallest absolute Gasteiger partial charge is 0.377 e. The number of H-pyrrole nitrogens is 1. The molecule has 1 saturated carbocycles. The molecule has 40 heavy (non-hydrogen) atoms. The van der Waals surface area contributed by atoms with Crippen LogP contribution in [-0.2, 0) is 11.3 Å². The molecule has 1 aromatic carbocycles. The lowest BCUT2D eigenvalue weighted by Gasteiger charge is -2.38. The Morgan fingerprint density at radius 1 is 1.15 bits per heavy atom. The van der Waals surface area contributed by atoms with E-state index in [0.717, 1.165) is 42.5 Å². The van der Waals surface area contributed by atoms with Crippen molar-refractivity contribution in [3.8, 4) is 22.9 Å². The zero-order valence-electron chi connectivity index (χ0n) is 23.3. The summed E-state index contributed by atoms with van der Waals surface area (Å²) in [5.41, 5.74) is 2.96. The fraction of sp³-hybridized carbons (Fsp3) is 0.552. The molecular formula is C29H36ClN7O3. The molecule has 6 rings (SSSR count). The molecule has 0 spiro atoms. The number of anilines is 1. The van der Waals surface area contributed by atoms with Crippen LogP contribution in [-0.4, -0.2) is 55.5 Å². The lowest BCUT2D eigenvalue weighted by Crippen LogP contribution is -2.47. The number of ether oxygens (including phenoxy) is 1. The van der Waals surface area contributed by atoms with Crippen LogP contribution >= 0.6 is 11.6 Å². The van der Waals surface area contributed by atoms with Crippen LogP contribution in [0.2, 0.25) is 5.02 Å². The Hall–Kier alpha value is -3.24. The fourth-order valence-corrected chi connectivity index (χ4v) is 6.30. The third-order valence-corrected chi connectivity index (χ3v) is 8.37. The molecule has 0 bridgehead atoms. The quantitative estimate of drug-likeness (QED) is 0.309. The van der Waals surface area contributed by atoms with Gasteiger partial charge in [-0.2, -0.15) is 4.98 Å². The Bertz CT molecular complexity index is 1540. The van der Waals surface area contributed by atoms with E-state index in [1.54, 1.807) is 0 Å². The Kier molecular flexibility index (Phi) is 7.63. The predicted molar refractivity (Wildman–Crippen MR) is 154 cm³/mol. The van der Waals surface area contributed by atoms with Gasteiger partial charge < -0.3 is 14.2 Å². The summed E-state index contributed by atoms with van der Waals surface area (Å²) in [4.78, 5) is 31.7. The lowest BCUT2D eigenvalue weighted by molar-refractivity contribution is 0.0863. The molecule has 0 unspecified atom stereocenters. The first-order chi connectivity index (χ1) is 19.4. The maximum absolute atomic E-state index is 11.8. The number of benzene rings is 1.